The topological polar surface area (TPSA) is 94.3 Å². The molecule has 0 saturated heterocycles. The summed E-state index contributed by atoms with van der Waals surface area (Å²) in [4.78, 5) is 49.4. The highest BCUT2D eigenvalue weighted by atomic mass is 16.6. The standard InChI is InChI=1S/C24H17NO5/c26-21(16-10-12-17(13-11-16)25(29)30)14-20(15-6-2-1-3-7-15)22-23(27)18-8-4-5-9-19(18)24(22)28/h1-13,20,22H,14H2. The van der Waals surface area contributed by atoms with E-state index in [-0.39, 0.29) is 29.5 Å². The number of benzene rings is 3. The van der Waals surface area contributed by atoms with Gasteiger partial charge in [0.25, 0.3) is 5.69 Å². The highest BCUT2D eigenvalue weighted by Crippen LogP contribution is 2.39. The molecule has 0 heterocycles. The van der Waals surface area contributed by atoms with Crippen LogP contribution in [0.3, 0.4) is 0 Å². The zero-order valence-corrected chi connectivity index (χ0v) is 15.9. The van der Waals surface area contributed by atoms with Crippen molar-refractivity contribution in [1.29, 1.82) is 0 Å². The molecule has 0 fully saturated rings. The van der Waals surface area contributed by atoms with Gasteiger partial charge in [-0.05, 0) is 17.7 Å². The monoisotopic (exact) mass is 399 g/mol. The van der Waals surface area contributed by atoms with Gasteiger partial charge in [0.15, 0.2) is 17.3 Å². The van der Waals surface area contributed by atoms with Crippen LogP contribution in [0.1, 0.15) is 49.0 Å². The van der Waals surface area contributed by atoms with Gasteiger partial charge in [-0.3, -0.25) is 24.5 Å². The summed E-state index contributed by atoms with van der Waals surface area (Å²) < 4.78 is 0. The molecule has 3 aromatic rings. The van der Waals surface area contributed by atoms with Gasteiger partial charge in [0.1, 0.15) is 0 Å². The maximum atomic E-state index is 13.1. The molecule has 0 bridgehead atoms. The van der Waals surface area contributed by atoms with E-state index in [1.54, 1.807) is 48.5 Å². The molecular weight excluding hydrogens is 382 g/mol. The number of fused-ring (bicyclic) bond motifs is 1. The fourth-order valence-electron chi connectivity index (χ4n) is 3.95. The third-order valence-electron chi connectivity index (χ3n) is 5.46. The molecule has 30 heavy (non-hydrogen) atoms. The maximum absolute atomic E-state index is 13.1. The van der Waals surface area contributed by atoms with Crippen LogP contribution in [0.5, 0.6) is 0 Å². The predicted molar refractivity (Wildman–Crippen MR) is 110 cm³/mol. The highest BCUT2D eigenvalue weighted by molar-refractivity contribution is 6.27. The Morgan fingerprint density at radius 1 is 0.833 bits per heavy atom. The van der Waals surface area contributed by atoms with Gasteiger partial charge in [0, 0.05) is 41.2 Å². The summed E-state index contributed by atoms with van der Waals surface area (Å²) in [5, 5.41) is 10.8. The second kappa shape index (κ2) is 7.83. The first-order valence-electron chi connectivity index (χ1n) is 9.47. The molecule has 1 aliphatic carbocycles. The Kier molecular flexibility index (Phi) is 5.06. The summed E-state index contributed by atoms with van der Waals surface area (Å²) in [6.45, 7) is 0. The van der Waals surface area contributed by atoms with E-state index in [0.29, 0.717) is 16.7 Å². The summed E-state index contributed by atoms with van der Waals surface area (Å²) in [5.41, 5.74) is 1.69. The first-order valence-corrected chi connectivity index (χ1v) is 9.47. The Balaban J connectivity index is 1.68. The number of ketones is 3. The van der Waals surface area contributed by atoms with Crippen LogP contribution in [-0.2, 0) is 0 Å². The van der Waals surface area contributed by atoms with Crippen molar-refractivity contribution in [2.45, 2.75) is 12.3 Å². The van der Waals surface area contributed by atoms with Gasteiger partial charge in [0.2, 0.25) is 0 Å². The zero-order chi connectivity index (χ0) is 21.3. The molecule has 0 amide bonds. The van der Waals surface area contributed by atoms with Crippen molar-refractivity contribution >= 4 is 23.0 Å². The number of hydrogen-bond donors (Lipinski definition) is 0. The number of carbonyl (C=O) groups excluding carboxylic acids is 3. The fraction of sp³-hybridized carbons (Fsp3) is 0.125. The molecule has 0 aromatic heterocycles. The first-order chi connectivity index (χ1) is 14.5. The van der Waals surface area contributed by atoms with Crippen molar-refractivity contribution in [3.05, 3.63) is 111 Å². The van der Waals surface area contributed by atoms with Crippen molar-refractivity contribution in [2.75, 3.05) is 0 Å². The molecule has 1 atom stereocenters. The molecule has 6 nitrogen and oxygen atoms in total. The van der Waals surface area contributed by atoms with Gasteiger partial charge in [0.05, 0.1) is 10.8 Å². The Bertz CT molecular complexity index is 1120. The van der Waals surface area contributed by atoms with Crippen LogP contribution in [0.2, 0.25) is 0 Å². The average Bonchev–Trinajstić information content (AvgIpc) is 3.03. The summed E-state index contributed by atoms with van der Waals surface area (Å²) >= 11 is 0. The zero-order valence-electron chi connectivity index (χ0n) is 15.9. The minimum absolute atomic E-state index is 0.0576. The second-order valence-electron chi connectivity index (χ2n) is 7.20. The summed E-state index contributed by atoms with van der Waals surface area (Å²) in [5.74, 6) is -2.43. The van der Waals surface area contributed by atoms with E-state index in [4.69, 9.17) is 0 Å². The fourth-order valence-corrected chi connectivity index (χ4v) is 3.95. The lowest BCUT2D eigenvalue weighted by atomic mass is 9.79. The molecule has 1 aliphatic rings. The van der Waals surface area contributed by atoms with E-state index in [1.807, 2.05) is 6.07 Å². The lowest BCUT2D eigenvalue weighted by Gasteiger charge is -2.21. The molecule has 0 saturated carbocycles. The van der Waals surface area contributed by atoms with E-state index in [0.717, 1.165) is 5.56 Å². The number of nitro benzene ring substituents is 1. The van der Waals surface area contributed by atoms with Crippen LogP contribution < -0.4 is 0 Å². The molecule has 0 radical (unpaired) electrons. The van der Waals surface area contributed by atoms with Gasteiger partial charge >= 0.3 is 0 Å². The number of Topliss-reactive ketones (excluding diaryl/α,β-unsaturated/α-hetero) is 3. The largest absolute Gasteiger partial charge is 0.294 e. The number of nitro groups is 1. The number of nitrogens with zero attached hydrogens (tertiary/aromatic N) is 1. The average molecular weight is 399 g/mol. The lowest BCUT2D eigenvalue weighted by Crippen LogP contribution is -2.26. The van der Waals surface area contributed by atoms with E-state index in [9.17, 15) is 24.5 Å². The molecule has 6 heteroatoms. The van der Waals surface area contributed by atoms with Gasteiger partial charge in [-0.15, -0.1) is 0 Å². The maximum Gasteiger partial charge on any atom is 0.269 e. The third-order valence-corrected chi connectivity index (χ3v) is 5.46. The Morgan fingerprint density at radius 2 is 1.37 bits per heavy atom. The molecule has 148 valence electrons. The van der Waals surface area contributed by atoms with Gasteiger partial charge in [-0.25, -0.2) is 0 Å². The molecular formula is C24H17NO5. The van der Waals surface area contributed by atoms with Crippen molar-refractivity contribution in [3.8, 4) is 0 Å². The quantitative estimate of drug-likeness (QED) is 0.260. The lowest BCUT2D eigenvalue weighted by molar-refractivity contribution is -0.384. The van der Waals surface area contributed by atoms with Crippen LogP contribution in [0.15, 0.2) is 78.9 Å². The van der Waals surface area contributed by atoms with Gasteiger partial charge in [-0.1, -0.05) is 54.6 Å². The summed E-state index contributed by atoms with van der Waals surface area (Å²) in [6, 6.07) is 21.1. The van der Waals surface area contributed by atoms with E-state index in [2.05, 4.69) is 0 Å². The van der Waals surface area contributed by atoms with Gasteiger partial charge in [-0.2, -0.15) is 0 Å². The normalized spacial score (nSPS) is 14.4. The third kappa shape index (κ3) is 3.43. The van der Waals surface area contributed by atoms with E-state index in [1.165, 1.54) is 24.3 Å². The van der Waals surface area contributed by atoms with Crippen LogP contribution >= 0.6 is 0 Å². The first kappa shape index (κ1) is 19.4. The van der Waals surface area contributed by atoms with Crippen LogP contribution in [0, 0.1) is 16.0 Å². The Morgan fingerprint density at radius 3 is 1.90 bits per heavy atom. The Hall–Kier alpha value is -3.93. The Labute approximate surface area is 172 Å². The molecule has 0 N–H and O–H groups in total. The summed E-state index contributed by atoms with van der Waals surface area (Å²) in [7, 11) is 0. The molecule has 3 aromatic carbocycles. The van der Waals surface area contributed by atoms with Crippen molar-refractivity contribution in [2.24, 2.45) is 5.92 Å². The minimum atomic E-state index is -0.966. The molecule has 0 aliphatic heterocycles. The van der Waals surface area contributed by atoms with Crippen molar-refractivity contribution in [1.82, 2.24) is 0 Å². The van der Waals surface area contributed by atoms with Crippen LogP contribution in [0.4, 0.5) is 5.69 Å². The number of hydrogen-bond acceptors (Lipinski definition) is 5. The van der Waals surface area contributed by atoms with E-state index >= 15 is 0 Å². The molecule has 0 spiro atoms. The minimum Gasteiger partial charge on any atom is -0.294 e. The highest BCUT2D eigenvalue weighted by Gasteiger charge is 2.44. The van der Waals surface area contributed by atoms with Crippen molar-refractivity contribution in [3.63, 3.8) is 0 Å². The summed E-state index contributed by atoms with van der Waals surface area (Å²) in [6.07, 6.45) is -0.0576. The number of carbonyl (C=O) groups is 3. The van der Waals surface area contributed by atoms with Crippen LogP contribution in [-0.4, -0.2) is 22.3 Å². The van der Waals surface area contributed by atoms with Crippen molar-refractivity contribution < 1.29 is 19.3 Å². The number of non-ortho nitro benzene ring substituents is 1. The predicted octanol–water partition coefficient (Wildman–Crippen LogP) is 4.65. The SMILES string of the molecule is O=C(CC(c1ccccc1)C1C(=O)c2ccccc2C1=O)c1ccc([N+](=O)[O-])cc1. The van der Waals surface area contributed by atoms with E-state index < -0.39 is 16.8 Å². The molecule has 1 unspecified atom stereocenters. The second-order valence-corrected chi connectivity index (χ2v) is 7.20. The van der Waals surface area contributed by atoms with Crippen LogP contribution in [0.25, 0.3) is 0 Å². The van der Waals surface area contributed by atoms with Gasteiger partial charge < -0.3 is 0 Å². The molecule has 4 rings (SSSR count). The smallest absolute Gasteiger partial charge is 0.269 e. The number of rotatable bonds is 6.